The molecule has 3 unspecified atom stereocenters. The minimum absolute atomic E-state index is 0.220. The summed E-state index contributed by atoms with van der Waals surface area (Å²) in [7, 11) is 0. The molecule has 2 aliphatic carbocycles. The summed E-state index contributed by atoms with van der Waals surface area (Å²) in [5, 5.41) is 3.05. The average molecular weight is 269 g/mol. The Hall–Kier alpha value is -1.84. The van der Waals surface area contributed by atoms with E-state index in [0.29, 0.717) is 12.5 Å². The molecule has 4 nitrogen and oxygen atoms in total. The molecule has 2 N–H and O–H groups in total. The standard InChI is InChI=1S/C16H19N3O/c20-16(12-8-10-5-6-11(12)7-10)17-9-15-18-13-3-1-2-4-14(13)19-15/h1-4,10-12H,5-9H2,(H,17,20)(H,18,19). The van der Waals surface area contributed by atoms with Crippen molar-refractivity contribution in [2.45, 2.75) is 32.2 Å². The molecule has 3 atom stereocenters. The highest BCUT2D eigenvalue weighted by Crippen LogP contribution is 2.48. The predicted octanol–water partition coefficient (Wildman–Crippen LogP) is 2.62. The van der Waals surface area contributed by atoms with Crippen molar-refractivity contribution in [1.82, 2.24) is 15.3 Å². The van der Waals surface area contributed by atoms with Crippen LogP contribution in [0, 0.1) is 17.8 Å². The average Bonchev–Trinajstić information content (AvgIpc) is 3.18. The first-order valence-corrected chi connectivity index (χ1v) is 7.51. The third kappa shape index (κ3) is 1.99. The van der Waals surface area contributed by atoms with Crippen LogP contribution in [-0.2, 0) is 11.3 Å². The van der Waals surface area contributed by atoms with Crippen molar-refractivity contribution in [1.29, 1.82) is 0 Å². The van der Waals surface area contributed by atoms with Crippen molar-refractivity contribution in [3.63, 3.8) is 0 Å². The summed E-state index contributed by atoms with van der Waals surface area (Å²) in [6, 6.07) is 7.94. The number of fused-ring (bicyclic) bond motifs is 3. The number of para-hydroxylation sites is 2. The van der Waals surface area contributed by atoms with Crippen LogP contribution in [0.4, 0.5) is 0 Å². The van der Waals surface area contributed by atoms with E-state index in [4.69, 9.17) is 0 Å². The summed E-state index contributed by atoms with van der Waals surface area (Å²) >= 11 is 0. The van der Waals surface area contributed by atoms with Crippen LogP contribution in [0.1, 0.15) is 31.5 Å². The quantitative estimate of drug-likeness (QED) is 0.900. The molecule has 0 aliphatic heterocycles. The van der Waals surface area contributed by atoms with Crippen molar-refractivity contribution in [3.05, 3.63) is 30.1 Å². The van der Waals surface area contributed by atoms with E-state index in [-0.39, 0.29) is 11.8 Å². The van der Waals surface area contributed by atoms with Crippen LogP contribution in [0.2, 0.25) is 0 Å². The fourth-order valence-corrected chi connectivity index (χ4v) is 3.96. The number of hydrogen-bond acceptors (Lipinski definition) is 2. The first-order valence-electron chi connectivity index (χ1n) is 7.51. The molecular weight excluding hydrogens is 250 g/mol. The molecule has 0 saturated heterocycles. The van der Waals surface area contributed by atoms with Crippen LogP contribution in [0.3, 0.4) is 0 Å². The summed E-state index contributed by atoms with van der Waals surface area (Å²) in [4.78, 5) is 20.0. The number of imidazole rings is 1. The molecule has 1 aromatic heterocycles. The molecule has 2 aliphatic rings. The molecule has 1 amide bonds. The summed E-state index contributed by atoms with van der Waals surface area (Å²) in [5.74, 6) is 2.75. The molecule has 2 saturated carbocycles. The monoisotopic (exact) mass is 269 g/mol. The Balaban J connectivity index is 1.41. The van der Waals surface area contributed by atoms with Gasteiger partial charge in [-0.2, -0.15) is 0 Å². The van der Waals surface area contributed by atoms with E-state index in [1.165, 1.54) is 19.3 Å². The summed E-state index contributed by atoms with van der Waals surface area (Å²) < 4.78 is 0. The largest absolute Gasteiger partial charge is 0.349 e. The topological polar surface area (TPSA) is 57.8 Å². The van der Waals surface area contributed by atoms with Crippen molar-refractivity contribution in [2.75, 3.05) is 0 Å². The fourth-order valence-electron chi connectivity index (χ4n) is 3.96. The van der Waals surface area contributed by atoms with Crippen LogP contribution >= 0.6 is 0 Å². The lowest BCUT2D eigenvalue weighted by Crippen LogP contribution is -2.33. The van der Waals surface area contributed by atoms with Gasteiger partial charge in [-0.25, -0.2) is 4.98 Å². The lowest BCUT2D eigenvalue weighted by atomic mass is 9.88. The smallest absolute Gasteiger partial charge is 0.223 e. The Morgan fingerprint density at radius 3 is 2.95 bits per heavy atom. The van der Waals surface area contributed by atoms with E-state index in [2.05, 4.69) is 15.3 Å². The van der Waals surface area contributed by atoms with Crippen molar-refractivity contribution in [2.24, 2.45) is 17.8 Å². The zero-order chi connectivity index (χ0) is 13.5. The SMILES string of the molecule is O=C(NCc1nc2ccccc2[nH]1)C1CC2CCC1C2. The van der Waals surface area contributed by atoms with Crippen LogP contribution < -0.4 is 5.32 Å². The molecule has 4 rings (SSSR count). The highest BCUT2D eigenvalue weighted by Gasteiger charge is 2.42. The third-order valence-electron chi connectivity index (χ3n) is 4.94. The van der Waals surface area contributed by atoms with E-state index in [1.807, 2.05) is 24.3 Å². The zero-order valence-electron chi connectivity index (χ0n) is 11.4. The second-order valence-electron chi connectivity index (χ2n) is 6.20. The number of carbonyl (C=O) groups is 1. The number of carbonyl (C=O) groups excluding carboxylic acids is 1. The van der Waals surface area contributed by atoms with Gasteiger partial charge in [-0.05, 0) is 43.2 Å². The minimum atomic E-state index is 0.220. The molecule has 1 heterocycles. The van der Waals surface area contributed by atoms with Crippen LogP contribution in [-0.4, -0.2) is 15.9 Å². The van der Waals surface area contributed by atoms with Gasteiger partial charge in [0.2, 0.25) is 5.91 Å². The van der Waals surface area contributed by atoms with Gasteiger partial charge in [0.15, 0.2) is 0 Å². The molecule has 2 bridgehead atoms. The molecule has 104 valence electrons. The van der Waals surface area contributed by atoms with Gasteiger partial charge < -0.3 is 10.3 Å². The summed E-state index contributed by atoms with van der Waals surface area (Å²) in [6.45, 7) is 0.501. The number of nitrogens with one attached hydrogen (secondary N) is 2. The maximum atomic E-state index is 12.3. The minimum Gasteiger partial charge on any atom is -0.349 e. The Kier molecular flexibility index (Phi) is 2.76. The molecule has 4 heteroatoms. The Bertz CT molecular complexity index is 615. The van der Waals surface area contributed by atoms with Crippen LogP contribution in [0.15, 0.2) is 24.3 Å². The number of aromatic nitrogens is 2. The maximum Gasteiger partial charge on any atom is 0.223 e. The van der Waals surface area contributed by atoms with Gasteiger partial charge in [0, 0.05) is 5.92 Å². The second kappa shape index (κ2) is 4.62. The van der Waals surface area contributed by atoms with Crippen molar-refractivity contribution in [3.8, 4) is 0 Å². The van der Waals surface area contributed by atoms with Gasteiger partial charge in [0.05, 0.1) is 17.6 Å². The first kappa shape index (κ1) is 11.9. The molecular formula is C16H19N3O. The van der Waals surface area contributed by atoms with E-state index in [1.54, 1.807) is 0 Å². The van der Waals surface area contributed by atoms with Gasteiger partial charge in [0.25, 0.3) is 0 Å². The van der Waals surface area contributed by atoms with Crippen molar-refractivity contribution < 1.29 is 4.79 Å². The number of hydrogen-bond donors (Lipinski definition) is 2. The Morgan fingerprint density at radius 1 is 1.30 bits per heavy atom. The number of amides is 1. The molecule has 0 spiro atoms. The van der Waals surface area contributed by atoms with E-state index in [0.717, 1.165) is 29.2 Å². The molecule has 1 aromatic carbocycles. The number of rotatable bonds is 3. The number of H-pyrrole nitrogens is 1. The summed E-state index contributed by atoms with van der Waals surface area (Å²) in [6.07, 6.45) is 4.94. The molecule has 2 fully saturated rings. The highest BCUT2D eigenvalue weighted by atomic mass is 16.1. The fraction of sp³-hybridized carbons (Fsp3) is 0.500. The van der Waals surface area contributed by atoms with Crippen LogP contribution in [0.5, 0.6) is 0 Å². The Labute approximate surface area is 118 Å². The molecule has 20 heavy (non-hydrogen) atoms. The predicted molar refractivity (Wildman–Crippen MR) is 76.9 cm³/mol. The summed E-state index contributed by atoms with van der Waals surface area (Å²) in [5.41, 5.74) is 1.98. The second-order valence-corrected chi connectivity index (χ2v) is 6.20. The van der Waals surface area contributed by atoms with Crippen LogP contribution in [0.25, 0.3) is 11.0 Å². The van der Waals surface area contributed by atoms with E-state index in [9.17, 15) is 4.79 Å². The van der Waals surface area contributed by atoms with Crippen molar-refractivity contribution >= 4 is 16.9 Å². The Morgan fingerprint density at radius 2 is 2.20 bits per heavy atom. The van der Waals surface area contributed by atoms with Gasteiger partial charge in [-0.1, -0.05) is 18.6 Å². The highest BCUT2D eigenvalue weighted by molar-refractivity contribution is 5.79. The van der Waals surface area contributed by atoms with E-state index >= 15 is 0 Å². The van der Waals surface area contributed by atoms with Gasteiger partial charge in [-0.3, -0.25) is 4.79 Å². The number of nitrogens with zero attached hydrogens (tertiary/aromatic N) is 1. The van der Waals surface area contributed by atoms with Gasteiger partial charge in [-0.15, -0.1) is 0 Å². The lowest BCUT2D eigenvalue weighted by Gasteiger charge is -2.20. The molecule has 2 aromatic rings. The lowest BCUT2D eigenvalue weighted by molar-refractivity contribution is -0.126. The zero-order valence-corrected chi connectivity index (χ0v) is 11.4. The number of aromatic amines is 1. The molecule has 0 radical (unpaired) electrons. The van der Waals surface area contributed by atoms with Gasteiger partial charge in [0.1, 0.15) is 5.82 Å². The third-order valence-corrected chi connectivity index (χ3v) is 4.94. The normalized spacial score (nSPS) is 28.1. The maximum absolute atomic E-state index is 12.3. The first-order chi connectivity index (χ1) is 9.79. The van der Waals surface area contributed by atoms with E-state index < -0.39 is 0 Å². The number of benzene rings is 1. The van der Waals surface area contributed by atoms with Gasteiger partial charge >= 0.3 is 0 Å².